The number of hydrogen-bond donors (Lipinski definition) is 0. The fraction of sp³-hybridized carbons (Fsp3) is 0.722. The van der Waals surface area contributed by atoms with E-state index in [1.807, 2.05) is 4.90 Å². The van der Waals surface area contributed by atoms with Crippen LogP contribution >= 0.6 is 0 Å². The van der Waals surface area contributed by atoms with E-state index in [0.29, 0.717) is 11.8 Å². The van der Waals surface area contributed by atoms with Gasteiger partial charge in [-0.25, -0.2) is 0 Å². The molecule has 1 saturated carbocycles. The van der Waals surface area contributed by atoms with Gasteiger partial charge in [-0.05, 0) is 37.9 Å². The van der Waals surface area contributed by atoms with Gasteiger partial charge in [-0.15, -0.1) is 10.2 Å². The van der Waals surface area contributed by atoms with Gasteiger partial charge in [-0.3, -0.25) is 4.79 Å². The SMILES string of the molecule is CN1CCN(c2ccc(N3CCN(C(=O)CC4CC4)CC3)nn2)CC1. The van der Waals surface area contributed by atoms with Gasteiger partial charge in [0.15, 0.2) is 11.6 Å². The van der Waals surface area contributed by atoms with Crippen molar-refractivity contribution in [2.24, 2.45) is 5.92 Å². The number of hydrogen-bond acceptors (Lipinski definition) is 6. The van der Waals surface area contributed by atoms with Crippen LogP contribution in [0.25, 0.3) is 0 Å². The Labute approximate surface area is 149 Å². The molecule has 3 fully saturated rings. The van der Waals surface area contributed by atoms with Crippen LogP contribution in [0.1, 0.15) is 19.3 Å². The Balaban J connectivity index is 1.30. The topological polar surface area (TPSA) is 55.8 Å². The highest BCUT2D eigenvalue weighted by Crippen LogP contribution is 2.33. The van der Waals surface area contributed by atoms with Crippen LogP contribution in [0.2, 0.25) is 0 Å². The average molecular weight is 344 g/mol. The first kappa shape index (κ1) is 16.6. The zero-order chi connectivity index (χ0) is 17.2. The molecule has 0 N–H and O–H groups in total. The predicted molar refractivity (Wildman–Crippen MR) is 97.9 cm³/mol. The predicted octanol–water partition coefficient (Wildman–Crippen LogP) is 0.677. The van der Waals surface area contributed by atoms with Crippen LogP contribution in [0.3, 0.4) is 0 Å². The maximum Gasteiger partial charge on any atom is 0.222 e. The third-order valence-corrected chi connectivity index (χ3v) is 5.58. The average Bonchev–Trinajstić information content (AvgIpc) is 3.47. The van der Waals surface area contributed by atoms with Crippen molar-refractivity contribution in [3.8, 4) is 0 Å². The molecule has 0 unspecified atom stereocenters. The summed E-state index contributed by atoms with van der Waals surface area (Å²) in [5.41, 5.74) is 0. The lowest BCUT2D eigenvalue weighted by Gasteiger charge is -2.36. The third kappa shape index (κ3) is 4.03. The molecule has 7 nitrogen and oxygen atoms in total. The van der Waals surface area contributed by atoms with Crippen molar-refractivity contribution in [3.63, 3.8) is 0 Å². The van der Waals surface area contributed by atoms with Gasteiger partial charge in [0.05, 0.1) is 0 Å². The highest BCUT2D eigenvalue weighted by molar-refractivity contribution is 5.77. The molecule has 0 bridgehead atoms. The first-order chi connectivity index (χ1) is 12.2. The van der Waals surface area contributed by atoms with Gasteiger partial charge >= 0.3 is 0 Å². The lowest BCUT2D eigenvalue weighted by Crippen LogP contribution is -2.49. The molecule has 4 rings (SSSR count). The molecule has 1 aromatic rings. The molecule has 0 atom stereocenters. The normalized spacial score (nSPS) is 22.4. The Bertz CT molecular complexity index is 586. The van der Waals surface area contributed by atoms with Crippen molar-refractivity contribution in [1.82, 2.24) is 20.0 Å². The largest absolute Gasteiger partial charge is 0.353 e. The first-order valence-corrected chi connectivity index (χ1v) is 9.49. The van der Waals surface area contributed by atoms with Crippen LogP contribution in [0.15, 0.2) is 12.1 Å². The maximum absolute atomic E-state index is 12.2. The molecule has 0 aromatic carbocycles. The number of piperazine rings is 2. The van der Waals surface area contributed by atoms with E-state index in [9.17, 15) is 4.79 Å². The lowest BCUT2D eigenvalue weighted by molar-refractivity contribution is -0.131. The highest BCUT2D eigenvalue weighted by Gasteiger charge is 2.29. The molecular formula is C18H28N6O. The second-order valence-electron chi connectivity index (χ2n) is 7.56. The number of nitrogens with zero attached hydrogens (tertiary/aromatic N) is 6. The van der Waals surface area contributed by atoms with E-state index in [1.165, 1.54) is 12.8 Å². The Kier molecular flexibility index (Phi) is 4.74. The fourth-order valence-electron chi connectivity index (χ4n) is 3.57. The van der Waals surface area contributed by atoms with Crippen LogP contribution in [0.4, 0.5) is 11.6 Å². The number of amides is 1. The van der Waals surface area contributed by atoms with Crippen LogP contribution in [-0.2, 0) is 4.79 Å². The number of carbonyl (C=O) groups is 1. The highest BCUT2D eigenvalue weighted by atomic mass is 16.2. The smallest absolute Gasteiger partial charge is 0.222 e. The van der Waals surface area contributed by atoms with Crippen molar-refractivity contribution in [3.05, 3.63) is 12.1 Å². The van der Waals surface area contributed by atoms with Crippen molar-refractivity contribution in [2.75, 3.05) is 69.2 Å². The van der Waals surface area contributed by atoms with Crippen LogP contribution in [0, 0.1) is 5.92 Å². The van der Waals surface area contributed by atoms with Gasteiger partial charge in [0.2, 0.25) is 5.91 Å². The van der Waals surface area contributed by atoms with Gasteiger partial charge in [-0.1, -0.05) is 0 Å². The molecular weight excluding hydrogens is 316 g/mol. The zero-order valence-electron chi connectivity index (χ0n) is 15.1. The van der Waals surface area contributed by atoms with E-state index < -0.39 is 0 Å². The van der Waals surface area contributed by atoms with E-state index in [1.54, 1.807) is 0 Å². The van der Waals surface area contributed by atoms with Crippen molar-refractivity contribution < 1.29 is 4.79 Å². The molecule has 1 aromatic heterocycles. The summed E-state index contributed by atoms with van der Waals surface area (Å²) < 4.78 is 0. The second-order valence-corrected chi connectivity index (χ2v) is 7.56. The van der Waals surface area contributed by atoms with Gasteiger partial charge in [-0.2, -0.15) is 0 Å². The van der Waals surface area contributed by atoms with Crippen molar-refractivity contribution in [1.29, 1.82) is 0 Å². The number of rotatable bonds is 4. The minimum absolute atomic E-state index is 0.332. The molecule has 1 aliphatic carbocycles. The number of carbonyl (C=O) groups excluding carboxylic acids is 1. The molecule has 7 heteroatoms. The Morgan fingerprint density at radius 3 is 1.92 bits per heavy atom. The van der Waals surface area contributed by atoms with E-state index in [2.05, 4.69) is 44.1 Å². The van der Waals surface area contributed by atoms with E-state index in [0.717, 1.165) is 70.4 Å². The van der Waals surface area contributed by atoms with Gasteiger partial charge < -0.3 is 19.6 Å². The summed E-state index contributed by atoms with van der Waals surface area (Å²) in [5.74, 6) is 2.89. The second kappa shape index (κ2) is 7.15. The molecule has 0 radical (unpaired) electrons. The van der Waals surface area contributed by atoms with E-state index in [4.69, 9.17) is 0 Å². The maximum atomic E-state index is 12.2. The van der Waals surface area contributed by atoms with Crippen molar-refractivity contribution >= 4 is 17.5 Å². The van der Waals surface area contributed by atoms with Gasteiger partial charge in [0.25, 0.3) is 0 Å². The molecule has 136 valence electrons. The van der Waals surface area contributed by atoms with Crippen molar-refractivity contribution in [2.45, 2.75) is 19.3 Å². The lowest BCUT2D eigenvalue weighted by atomic mass is 10.2. The monoisotopic (exact) mass is 344 g/mol. The molecule has 25 heavy (non-hydrogen) atoms. The summed E-state index contributed by atoms with van der Waals surface area (Å²) in [7, 11) is 2.15. The number of aromatic nitrogens is 2. The van der Waals surface area contributed by atoms with E-state index in [-0.39, 0.29) is 0 Å². The van der Waals surface area contributed by atoms with Crippen LogP contribution in [-0.4, -0.2) is 85.3 Å². The van der Waals surface area contributed by atoms with E-state index >= 15 is 0 Å². The van der Waals surface area contributed by atoms with Crippen LogP contribution in [0.5, 0.6) is 0 Å². The summed E-state index contributed by atoms with van der Waals surface area (Å²) >= 11 is 0. The standard InChI is InChI=1S/C18H28N6O/c1-21-6-8-22(9-7-21)16-4-5-17(20-19-16)23-10-12-24(13-11-23)18(25)14-15-2-3-15/h4-5,15H,2-3,6-14H2,1H3. The summed E-state index contributed by atoms with van der Waals surface area (Å²) in [4.78, 5) is 21.1. The van der Waals surface area contributed by atoms with Crippen LogP contribution < -0.4 is 9.80 Å². The van der Waals surface area contributed by atoms with Gasteiger partial charge in [0.1, 0.15) is 0 Å². The summed E-state index contributed by atoms with van der Waals surface area (Å²) in [6.45, 7) is 7.44. The number of anilines is 2. The quantitative estimate of drug-likeness (QED) is 0.801. The molecule has 0 spiro atoms. The number of likely N-dealkylation sites (N-methyl/N-ethyl adjacent to an activating group) is 1. The molecule has 1 amide bonds. The minimum Gasteiger partial charge on any atom is -0.353 e. The molecule has 2 saturated heterocycles. The third-order valence-electron chi connectivity index (χ3n) is 5.58. The summed E-state index contributed by atoms with van der Waals surface area (Å²) in [5, 5.41) is 8.88. The molecule has 3 aliphatic rings. The fourth-order valence-corrected chi connectivity index (χ4v) is 3.57. The summed E-state index contributed by atoms with van der Waals surface area (Å²) in [6.07, 6.45) is 3.22. The Morgan fingerprint density at radius 2 is 1.44 bits per heavy atom. The Morgan fingerprint density at radius 1 is 0.920 bits per heavy atom. The first-order valence-electron chi connectivity index (χ1n) is 9.49. The Hall–Kier alpha value is -1.89. The molecule has 2 aliphatic heterocycles. The molecule has 3 heterocycles. The minimum atomic E-state index is 0.332. The summed E-state index contributed by atoms with van der Waals surface area (Å²) in [6, 6.07) is 4.15. The van der Waals surface area contributed by atoms with Gasteiger partial charge in [0, 0.05) is 58.8 Å². The zero-order valence-corrected chi connectivity index (χ0v) is 15.1.